The Morgan fingerprint density at radius 1 is 0.933 bits per heavy atom. The first kappa shape index (κ1) is 15.1. The highest BCUT2D eigenvalue weighted by atomic mass is 31.2. The van der Waals surface area contributed by atoms with Crippen LogP contribution in [-0.2, 0) is 13.6 Å². The van der Waals surface area contributed by atoms with Gasteiger partial charge in [0.05, 0.1) is 12.2 Å². The molecule has 4 nitrogen and oxygen atoms in total. The minimum absolute atomic E-state index is 0.159. The van der Waals surface area contributed by atoms with Crippen molar-refractivity contribution in [3.63, 3.8) is 0 Å². The summed E-state index contributed by atoms with van der Waals surface area (Å²) >= 11 is 0. The van der Waals surface area contributed by atoms with Gasteiger partial charge in [0.2, 0.25) is 0 Å². The van der Waals surface area contributed by atoms with E-state index < -0.39 is 13.4 Å². The quantitative estimate of drug-likeness (QED) is 0.723. The first-order valence-corrected chi connectivity index (χ1v) is 6.94. The fourth-order valence-electron chi connectivity index (χ4n) is 1.10. The molecule has 1 atom stereocenters. The molecule has 15 heavy (non-hydrogen) atoms. The summed E-state index contributed by atoms with van der Waals surface area (Å²) in [6.45, 7) is 10.6. The van der Waals surface area contributed by atoms with E-state index in [1.54, 1.807) is 41.5 Å². The molecule has 0 heterocycles. The van der Waals surface area contributed by atoms with Crippen molar-refractivity contribution in [2.24, 2.45) is 5.92 Å². The standard InChI is InChI=1S/C10H23O4P/c1-7(2)10(11)15(12,13-8(3)4)14-9(5)6/h7-11H,1-6H3/t10-/m1/s1. The summed E-state index contributed by atoms with van der Waals surface area (Å²) in [5, 5.41) is 9.83. The molecule has 0 unspecified atom stereocenters. The van der Waals surface area contributed by atoms with Crippen LogP contribution in [0.4, 0.5) is 0 Å². The van der Waals surface area contributed by atoms with E-state index in [4.69, 9.17) is 9.05 Å². The highest BCUT2D eigenvalue weighted by molar-refractivity contribution is 7.54. The topological polar surface area (TPSA) is 55.8 Å². The maximum atomic E-state index is 12.3. The lowest BCUT2D eigenvalue weighted by Gasteiger charge is -2.28. The molecule has 0 radical (unpaired) electrons. The van der Waals surface area contributed by atoms with Gasteiger partial charge in [-0.2, -0.15) is 0 Å². The van der Waals surface area contributed by atoms with Crippen LogP contribution < -0.4 is 0 Å². The van der Waals surface area contributed by atoms with Crippen LogP contribution in [0.3, 0.4) is 0 Å². The molecule has 0 aliphatic heterocycles. The number of aliphatic hydroxyl groups excluding tert-OH is 1. The van der Waals surface area contributed by atoms with Gasteiger partial charge in [0.25, 0.3) is 0 Å². The zero-order valence-electron chi connectivity index (χ0n) is 10.4. The molecular formula is C10H23O4P. The van der Waals surface area contributed by atoms with E-state index in [2.05, 4.69) is 0 Å². The van der Waals surface area contributed by atoms with Crippen LogP contribution in [0.25, 0.3) is 0 Å². The van der Waals surface area contributed by atoms with Crippen molar-refractivity contribution in [3.05, 3.63) is 0 Å². The highest BCUT2D eigenvalue weighted by Crippen LogP contribution is 2.56. The van der Waals surface area contributed by atoms with Gasteiger partial charge in [-0.15, -0.1) is 0 Å². The van der Waals surface area contributed by atoms with Crippen molar-refractivity contribution in [2.45, 2.75) is 59.6 Å². The molecular weight excluding hydrogens is 215 g/mol. The summed E-state index contributed by atoms with van der Waals surface area (Å²) in [7, 11) is -3.42. The molecule has 0 fully saturated rings. The third-order valence-electron chi connectivity index (χ3n) is 1.64. The normalized spacial score (nSPS) is 15.3. The van der Waals surface area contributed by atoms with E-state index in [-0.39, 0.29) is 18.1 Å². The molecule has 0 aromatic heterocycles. The molecule has 0 aliphatic rings. The maximum Gasteiger partial charge on any atom is 0.359 e. The molecule has 0 spiro atoms. The third-order valence-corrected chi connectivity index (χ3v) is 4.31. The van der Waals surface area contributed by atoms with E-state index in [0.29, 0.717) is 0 Å². The average molecular weight is 238 g/mol. The summed E-state index contributed by atoms with van der Waals surface area (Å²) in [4.78, 5) is 0. The van der Waals surface area contributed by atoms with Gasteiger partial charge in [-0.05, 0) is 33.6 Å². The van der Waals surface area contributed by atoms with Crippen LogP contribution in [0.15, 0.2) is 0 Å². The molecule has 0 amide bonds. The Morgan fingerprint density at radius 2 is 1.27 bits per heavy atom. The predicted octanol–water partition coefficient (Wildman–Crippen LogP) is 3.00. The van der Waals surface area contributed by atoms with Crippen molar-refractivity contribution >= 4 is 7.60 Å². The van der Waals surface area contributed by atoms with Crippen LogP contribution in [0.2, 0.25) is 0 Å². The second kappa shape index (κ2) is 6.00. The van der Waals surface area contributed by atoms with Gasteiger partial charge in [-0.1, -0.05) is 13.8 Å². The van der Waals surface area contributed by atoms with Crippen molar-refractivity contribution in [3.8, 4) is 0 Å². The second-order valence-electron chi connectivity index (χ2n) is 4.51. The molecule has 0 saturated carbocycles. The van der Waals surface area contributed by atoms with Gasteiger partial charge >= 0.3 is 7.60 Å². The number of rotatable bonds is 6. The first-order valence-electron chi connectivity index (χ1n) is 5.33. The Labute approximate surface area is 92.5 Å². The van der Waals surface area contributed by atoms with Crippen LogP contribution in [-0.4, -0.2) is 23.2 Å². The Balaban J connectivity index is 4.77. The Kier molecular flexibility index (Phi) is 6.04. The fraction of sp³-hybridized carbons (Fsp3) is 1.00. The van der Waals surface area contributed by atoms with Crippen molar-refractivity contribution < 1.29 is 18.7 Å². The fourth-order valence-corrected chi connectivity index (χ4v) is 3.31. The summed E-state index contributed by atoms with van der Waals surface area (Å²) in [5.41, 5.74) is 0. The first-order chi connectivity index (χ1) is 6.69. The Bertz CT molecular complexity index is 211. The number of aliphatic hydroxyl groups is 1. The average Bonchev–Trinajstić information content (AvgIpc) is 1.99. The van der Waals surface area contributed by atoms with Gasteiger partial charge in [-0.3, -0.25) is 4.57 Å². The molecule has 5 heteroatoms. The molecule has 1 N–H and O–H groups in total. The summed E-state index contributed by atoms with van der Waals surface area (Å²) < 4.78 is 22.8. The molecule has 0 aromatic carbocycles. The van der Waals surface area contributed by atoms with E-state index in [0.717, 1.165) is 0 Å². The Morgan fingerprint density at radius 3 is 1.47 bits per heavy atom. The SMILES string of the molecule is CC(C)OP(=O)(OC(C)C)[C@@H](O)C(C)C. The number of hydrogen-bond donors (Lipinski definition) is 1. The zero-order valence-corrected chi connectivity index (χ0v) is 11.3. The van der Waals surface area contributed by atoms with Crippen LogP contribution >= 0.6 is 7.60 Å². The van der Waals surface area contributed by atoms with Crippen molar-refractivity contribution in [2.75, 3.05) is 0 Å². The molecule has 0 aromatic rings. The highest BCUT2D eigenvalue weighted by Gasteiger charge is 2.38. The third kappa shape index (κ3) is 5.12. The zero-order chi connectivity index (χ0) is 12.2. The number of hydrogen-bond acceptors (Lipinski definition) is 4. The summed E-state index contributed by atoms with van der Waals surface area (Å²) in [5.74, 6) is -1.23. The molecule has 0 bridgehead atoms. The van der Waals surface area contributed by atoms with Gasteiger partial charge < -0.3 is 14.2 Å². The second-order valence-corrected chi connectivity index (χ2v) is 6.54. The smallest absolute Gasteiger partial charge is 0.359 e. The molecule has 0 saturated heterocycles. The van der Waals surface area contributed by atoms with Crippen molar-refractivity contribution in [1.82, 2.24) is 0 Å². The largest absolute Gasteiger partial charge is 0.380 e. The molecule has 92 valence electrons. The lowest BCUT2D eigenvalue weighted by molar-refractivity contribution is 0.0856. The lowest BCUT2D eigenvalue weighted by atomic mass is 10.2. The van der Waals surface area contributed by atoms with E-state index in [1.807, 2.05) is 0 Å². The van der Waals surface area contributed by atoms with Crippen LogP contribution in [0.5, 0.6) is 0 Å². The minimum Gasteiger partial charge on any atom is -0.380 e. The van der Waals surface area contributed by atoms with E-state index >= 15 is 0 Å². The summed E-state index contributed by atoms with van der Waals surface area (Å²) in [6, 6.07) is 0. The molecule has 0 rings (SSSR count). The lowest BCUT2D eigenvalue weighted by Crippen LogP contribution is -2.22. The Hall–Kier alpha value is 0.110. The molecule has 0 aliphatic carbocycles. The predicted molar refractivity (Wildman–Crippen MR) is 60.9 cm³/mol. The van der Waals surface area contributed by atoms with E-state index in [9.17, 15) is 9.67 Å². The monoisotopic (exact) mass is 238 g/mol. The van der Waals surface area contributed by atoms with Gasteiger partial charge in [0.1, 0.15) is 0 Å². The van der Waals surface area contributed by atoms with Crippen LogP contribution in [0.1, 0.15) is 41.5 Å². The minimum atomic E-state index is -3.42. The van der Waals surface area contributed by atoms with Crippen molar-refractivity contribution in [1.29, 1.82) is 0 Å². The van der Waals surface area contributed by atoms with Crippen LogP contribution in [0, 0.1) is 5.92 Å². The van der Waals surface area contributed by atoms with Gasteiger partial charge in [0, 0.05) is 0 Å². The van der Waals surface area contributed by atoms with E-state index in [1.165, 1.54) is 0 Å². The van der Waals surface area contributed by atoms with Gasteiger partial charge in [0.15, 0.2) is 5.85 Å². The summed E-state index contributed by atoms with van der Waals surface area (Å²) in [6.07, 6.45) is -0.467. The maximum absolute atomic E-state index is 12.3. The van der Waals surface area contributed by atoms with Gasteiger partial charge in [-0.25, -0.2) is 0 Å².